The van der Waals surface area contributed by atoms with E-state index in [1.54, 1.807) is 30.3 Å². The zero-order valence-corrected chi connectivity index (χ0v) is 14.8. The van der Waals surface area contributed by atoms with Crippen LogP contribution in [-0.4, -0.2) is 6.29 Å². The molecule has 0 fully saturated rings. The van der Waals surface area contributed by atoms with Crippen molar-refractivity contribution >= 4 is 6.29 Å². The highest BCUT2D eigenvalue weighted by Gasteiger charge is 2.34. The molecule has 0 aliphatic carbocycles. The fourth-order valence-electron chi connectivity index (χ4n) is 3.34. The predicted molar refractivity (Wildman–Crippen MR) is 100.0 cm³/mol. The first-order valence-electron chi connectivity index (χ1n) is 8.63. The summed E-state index contributed by atoms with van der Waals surface area (Å²) in [6, 6.07) is 21.4. The average molecular weight is 379 g/mol. The van der Waals surface area contributed by atoms with Gasteiger partial charge in [-0.15, -0.1) is 0 Å². The van der Waals surface area contributed by atoms with Gasteiger partial charge >= 0.3 is 6.18 Å². The molecular weight excluding hydrogens is 363 g/mol. The molecule has 0 aliphatic rings. The molecular formula is C23H16F3NO. The molecule has 28 heavy (non-hydrogen) atoms. The Hall–Kier alpha value is -3.39. The lowest BCUT2D eigenvalue weighted by Crippen LogP contribution is -2.14. The van der Waals surface area contributed by atoms with E-state index in [-0.39, 0.29) is 17.5 Å². The summed E-state index contributed by atoms with van der Waals surface area (Å²) in [7, 11) is 0. The molecule has 0 heterocycles. The van der Waals surface area contributed by atoms with Crippen molar-refractivity contribution in [1.29, 1.82) is 5.26 Å². The predicted octanol–water partition coefficient (Wildman–Crippen LogP) is 5.76. The number of nitrogens with zero attached hydrogens (tertiary/aromatic N) is 1. The lowest BCUT2D eigenvalue weighted by Gasteiger charge is -2.22. The number of nitriles is 1. The van der Waals surface area contributed by atoms with Crippen molar-refractivity contribution in [3.05, 3.63) is 106 Å². The summed E-state index contributed by atoms with van der Waals surface area (Å²) in [6.07, 6.45) is -3.81. The van der Waals surface area contributed by atoms with Crippen molar-refractivity contribution in [1.82, 2.24) is 0 Å². The minimum absolute atomic E-state index is 0.0411. The molecule has 0 unspecified atom stereocenters. The molecule has 3 rings (SSSR count). The van der Waals surface area contributed by atoms with E-state index in [9.17, 15) is 18.0 Å². The molecule has 140 valence electrons. The van der Waals surface area contributed by atoms with Crippen molar-refractivity contribution in [3.63, 3.8) is 0 Å². The standard InChI is InChI=1S/C23H16F3NO/c24-23(25,26)22-12-16(14-27)10-11-18(22)13-21(17-6-2-1-3-7-17)20-9-5-4-8-19(20)15-28/h1-12,15,21H,13H2/t21-/m1/s1. The first kappa shape index (κ1) is 19.4. The molecule has 0 radical (unpaired) electrons. The molecule has 1 atom stereocenters. The van der Waals surface area contributed by atoms with E-state index in [0.717, 1.165) is 11.6 Å². The normalized spacial score (nSPS) is 12.2. The van der Waals surface area contributed by atoms with Gasteiger partial charge in [0, 0.05) is 11.5 Å². The van der Waals surface area contributed by atoms with Gasteiger partial charge in [-0.25, -0.2) is 0 Å². The third-order valence-corrected chi connectivity index (χ3v) is 4.67. The van der Waals surface area contributed by atoms with E-state index >= 15 is 0 Å². The van der Waals surface area contributed by atoms with Crippen LogP contribution in [0.15, 0.2) is 72.8 Å². The third kappa shape index (κ3) is 4.12. The van der Waals surface area contributed by atoms with Crippen LogP contribution < -0.4 is 0 Å². The van der Waals surface area contributed by atoms with E-state index in [0.29, 0.717) is 17.4 Å². The Morgan fingerprint density at radius 1 is 0.964 bits per heavy atom. The van der Waals surface area contributed by atoms with Crippen molar-refractivity contribution in [2.75, 3.05) is 0 Å². The van der Waals surface area contributed by atoms with Crippen molar-refractivity contribution in [2.24, 2.45) is 0 Å². The molecule has 0 aromatic heterocycles. The number of alkyl halides is 3. The van der Waals surface area contributed by atoms with Crippen molar-refractivity contribution in [2.45, 2.75) is 18.5 Å². The summed E-state index contributed by atoms with van der Waals surface area (Å²) in [4.78, 5) is 11.5. The van der Waals surface area contributed by atoms with Gasteiger partial charge in [0.15, 0.2) is 0 Å². The SMILES string of the molecule is N#Cc1ccc(C[C@H](c2ccccc2)c2ccccc2C=O)c(C(F)(F)F)c1. The highest BCUT2D eigenvalue weighted by atomic mass is 19.4. The maximum atomic E-state index is 13.6. The highest BCUT2D eigenvalue weighted by molar-refractivity contribution is 5.78. The third-order valence-electron chi connectivity index (χ3n) is 4.67. The number of halogens is 3. The van der Waals surface area contributed by atoms with Gasteiger partial charge in [-0.1, -0.05) is 60.7 Å². The summed E-state index contributed by atoms with van der Waals surface area (Å²) < 4.78 is 40.8. The number of rotatable bonds is 5. The van der Waals surface area contributed by atoms with E-state index in [1.165, 1.54) is 12.1 Å². The van der Waals surface area contributed by atoms with Gasteiger partial charge in [-0.3, -0.25) is 4.79 Å². The Labute approximate surface area is 160 Å². The van der Waals surface area contributed by atoms with Gasteiger partial charge in [0.2, 0.25) is 0 Å². The fourth-order valence-corrected chi connectivity index (χ4v) is 3.34. The lowest BCUT2D eigenvalue weighted by atomic mass is 9.82. The van der Waals surface area contributed by atoms with Crippen LogP contribution in [0.3, 0.4) is 0 Å². The van der Waals surface area contributed by atoms with E-state index in [2.05, 4.69) is 0 Å². The smallest absolute Gasteiger partial charge is 0.298 e. The van der Waals surface area contributed by atoms with Gasteiger partial charge in [-0.05, 0) is 35.2 Å². The van der Waals surface area contributed by atoms with Crippen molar-refractivity contribution < 1.29 is 18.0 Å². The number of aldehydes is 1. The first-order valence-corrected chi connectivity index (χ1v) is 8.63. The Morgan fingerprint density at radius 3 is 2.29 bits per heavy atom. The van der Waals surface area contributed by atoms with E-state index < -0.39 is 17.7 Å². The fraction of sp³-hybridized carbons (Fsp3) is 0.130. The molecule has 0 saturated carbocycles. The van der Waals surface area contributed by atoms with E-state index in [4.69, 9.17) is 5.26 Å². The second-order valence-corrected chi connectivity index (χ2v) is 6.40. The minimum atomic E-state index is -4.58. The molecule has 0 aliphatic heterocycles. The molecule has 0 spiro atoms. The number of hydrogen-bond acceptors (Lipinski definition) is 2. The number of benzene rings is 3. The van der Waals surface area contributed by atoms with Gasteiger partial charge in [-0.2, -0.15) is 18.4 Å². The average Bonchev–Trinajstić information content (AvgIpc) is 2.72. The Balaban J connectivity index is 2.14. The Kier molecular flexibility index (Phi) is 5.60. The van der Waals surface area contributed by atoms with E-state index in [1.807, 2.05) is 30.3 Å². The topological polar surface area (TPSA) is 40.9 Å². The maximum Gasteiger partial charge on any atom is 0.416 e. The molecule has 2 nitrogen and oxygen atoms in total. The molecule has 0 saturated heterocycles. The van der Waals surface area contributed by atoms with Crippen LogP contribution in [0, 0.1) is 11.3 Å². The maximum absolute atomic E-state index is 13.6. The summed E-state index contributed by atoms with van der Waals surface area (Å²) >= 11 is 0. The molecule has 5 heteroatoms. The molecule has 3 aromatic carbocycles. The summed E-state index contributed by atoms with van der Waals surface area (Å²) in [6.45, 7) is 0. The second kappa shape index (κ2) is 8.10. The first-order chi connectivity index (χ1) is 13.4. The largest absolute Gasteiger partial charge is 0.416 e. The van der Waals surface area contributed by atoms with Gasteiger partial charge in [0.1, 0.15) is 6.29 Å². The van der Waals surface area contributed by atoms with Gasteiger partial charge < -0.3 is 0 Å². The Bertz CT molecular complexity index is 1020. The number of hydrogen-bond donors (Lipinski definition) is 0. The Morgan fingerprint density at radius 2 is 1.64 bits per heavy atom. The molecule has 0 amide bonds. The second-order valence-electron chi connectivity index (χ2n) is 6.40. The van der Waals surface area contributed by atoms with Crippen LogP contribution in [0.4, 0.5) is 13.2 Å². The lowest BCUT2D eigenvalue weighted by molar-refractivity contribution is -0.138. The highest BCUT2D eigenvalue weighted by Crippen LogP contribution is 2.37. The van der Waals surface area contributed by atoms with Crippen LogP contribution in [0.2, 0.25) is 0 Å². The zero-order valence-electron chi connectivity index (χ0n) is 14.8. The van der Waals surface area contributed by atoms with Crippen LogP contribution in [0.1, 0.15) is 44.1 Å². The van der Waals surface area contributed by atoms with Crippen LogP contribution >= 0.6 is 0 Å². The van der Waals surface area contributed by atoms with Crippen LogP contribution in [0.25, 0.3) is 0 Å². The quantitative estimate of drug-likeness (QED) is 0.529. The van der Waals surface area contributed by atoms with Gasteiger partial charge in [0.25, 0.3) is 0 Å². The molecule has 0 bridgehead atoms. The molecule has 0 N–H and O–H groups in total. The van der Waals surface area contributed by atoms with Crippen LogP contribution in [-0.2, 0) is 12.6 Å². The monoisotopic (exact) mass is 379 g/mol. The summed E-state index contributed by atoms with van der Waals surface area (Å²) in [5, 5.41) is 8.97. The molecule has 3 aromatic rings. The zero-order chi connectivity index (χ0) is 20.1. The van der Waals surface area contributed by atoms with Gasteiger partial charge in [0.05, 0.1) is 17.2 Å². The minimum Gasteiger partial charge on any atom is -0.298 e. The number of carbonyl (C=O) groups excluding carboxylic acids is 1. The van der Waals surface area contributed by atoms with Crippen molar-refractivity contribution in [3.8, 4) is 6.07 Å². The summed E-state index contributed by atoms with van der Waals surface area (Å²) in [5.41, 5.74) is 1.15. The summed E-state index contributed by atoms with van der Waals surface area (Å²) in [5.74, 6) is -0.434. The van der Waals surface area contributed by atoms with Crippen LogP contribution in [0.5, 0.6) is 0 Å². The number of carbonyl (C=O) groups is 1.